The van der Waals surface area contributed by atoms with Crippen LogP contribution in [-0.4, -0.2) is 33.1 Å². The highest BCUT2D eigenvalue weighted by atomic mass is 79.9. The van der Waals surface area contributed by atoms with Crippen LogP contribution in [0.15, 0.2) is 22.7 Å². The van der Waals surface area contributed by atoms with E-state index in [4.69, 9.17) is 10.5 Å². The summed E-state index contributed by atoms with van der Waals surface area (Å²) in [5, 5.41) is -0.557. The Morgan fingerprint density at radius 2 is 2.06 bits per heavy atom. The van der Waals surface area contributed by atoms with Crippen LogP contribution in [0.1, 0.15) is 12.5 Å². The van der Waals surface area contributed by atoms with Crippen LogP contribution in [0.25, 0.3) is 0 Å². The Kier molecular flexibility index (Phi) is 5.19. The van der Waals surface area contributed by atoms with Crippen LogP contribution in [-0.2, 0) is 16.3 Å². The van der Waals surface area contributed by atoms with Gasteiger partial charge in [-0.3, -0.25) is 0 Å². The molecule has 2 N–H and O–H groups in total. The molecule has 2 unspecified atom stereocenters. The van der Waals surface area contributed by atoms with E-state index in [1.807, 2.05) is 18.2 Å². The average molecular weight is 336 g/mol. The van der Waals surface area contributed by atoms with Crippen LogP contribution in [0.5, 0.6) is 5.75 Å². The first-order chi connectivity index (χ1) is 8.25. The fourth-order valence-corrected chi connectivity index (χ4v) is 2.91. The number of rotatable bonds is 5. The highest BCUT2D eigenvalue weighted by Gasteiger charge is 2.22. The molecule has 0 aromatic heterocycles. The first-order valence-corrected chi connectivity index (χ1v) is 8.27. The predicted molar refractivity (Wildman–Crippen MR) is 76.7 cm³/mol. The summed E-state index contributed by atoms with van der Waals surface area (Å²) in [5.41, 5.74) is 6.91. The molecule has 6 heteroatoms. The third kappa shape index (κ3) is 3.96. The van der Waals surface area contributed by atoms with Gasteiger partial charge in [-0.1, -0.05) is 6.07 Å². The molecule has 0 radical (unpaired) electrons. The van der Waals surface area contributed by atoms with Crippen molar-refractivity contribution in [3.05, 3.63) is 28.2 Å². The maximum absolute atomic E-state index is 11.4. The summed E-state index contributed by atoms with van der Waals surface area (Å²) in [4.78, 5) is 0. The number of sulfone groups is 1. The van der Waals surface area contributed by atoms with Crippen molar-refractivity contribution in [2.24, 2.45) is 5.73 Å². The van der Waals surface area contributed by atoms with Crippen molar-refractivity contribution in [1.29, 1.82) is 0 Å². The maximum atomic E-state index is 11.4. The van der Waals surface area contributed by atoms with Gasteiger partial charge < -0.3 is 10.5 Å². The van der Waals surface area contributed by atoms with Crippen LogP contribution in [0.2, 0.25) is 0 Å². The molecular weight excluding hydrogens is 318 g/mol. The predicted octanol–water partition coefficient (Wildman–Crippen LogP) is 1.76. The summed E-state index contributed by atoms with van der Waals surface area (Å²) < 4.78 is 28.8. The summed E-state index contributed by atoms with van der Waals surface area (Å²) in [6.07, 6.45) is 1.72. The summed E-state index contributed by atoms with van der Waals surface area (Å²) in [6, 6.07) is 5.20. The molecule has 0 spiro atoms. The molecule has 1 aromatic rings. The second kappa shape index (κ2) is 6.04. The number of hydrogen-bond acceptors (Lipinski definition) is 4. The number of ether oxygens (including phenoxy) is 1. The minimum atomic E-state index is -3.11. The monoisotopic (exact) mass is 335 g/mol. The summed E-state index contributed by atoms with van der Waals surface area (Å²) in [6.45, 7) is 1.64. The van der Waals surface area contributed by atoms with Crippen LogP contribution < -0.4 is 10.5 Å². The molecule has 0 fully saturated rings. The topological polar surface area (TPSA) is 69.4 Å². The Balaban J connectivity index is 2.82. The van der Waals surface area contributed by atoms with Gasteiger partial charge in [0.15, 0.2) is 9.84 Å². The zero-order valence-electron chi connectivity index (χ0n) is 10.7. The summed E-state index contributed by atoms with van der Waals surface area (Å²) in [5.74, 6) is 0.739. The fraction of sp³-hybridized carbons (Fsp3) is 0.500. The molecule has 0 aliphatic carbocycles. The second-order valence-electron chi connectivity index (χ2n) is 4.37. The van der Waals surface area contributed by atoms with Gasteiger partial charge in [-0.05, 0) is 47.0 Å². The number of methoxy groups -OCH3 is 1. The third-order valence-corrected chi connectivity index (χ3v) is 5.29. The molecule has 0 aliphatic rings. The van der Waals surface area contributed by atoms with E-state index in [0.717, 1.165) is 15.8 Å². The van der Waals surface area contributed by atoms with Gasteiger partial charge in [-0.25, -0.2) is 8.42 Å². The van der Waals surface area contributed by atoms with Crippen molar-refractivity contribution in [3.8, 4) is 5.75 Å². The fourth-order valence-electron chi connectivity index (χ4n) is 1.59. The molecule has 0 amide bonds. The lowest BCUT2D eigenvalue weighted by atomic mass is 10.0. The minimum absolute atomic E-state index is 0.416. The Bertz CT molecular complexity index is 516. The van der Waals surface area contributed by atoms with E-state index in [1.165, 1.54) is 6.26 Å². The smallest absolute Gasteiger partial charge is 0.151 e. The van der Waals surface area contributed by atoms with Crippen molar-refractivity contribution in [3.63, 3.8) is 0 Å². The van der Waals surface area contributed by atoms with Crippen LogP contribution in [0.3, 0.4) is 0 Å². The van der Waals surface area contributed by atoms with Gasteiger partial charge in [0.1, 0.15) is 5.75 Å². The molecule has 1 aromatic carbocycles. The second-order valence-corrected chi connectivity index (χ2v) is 7.63. The highest BCUT2D eigenvalue weighted by Crippen LogP contribution is 2.26. The van der Waals surface area contributed by atoms with Gasteiger partial charge in [0.05, 0.1) is 16.8 Å². The number of hydrogen-bond donors (Lipinski definition) is 1. The molecule has 1 rings (SSSR count). The molecule has 2 atom stereocenters. The molecule has 0 saturated heterocycles. The highest BCUT2D eigenvalue weighted by molar-refractivity contribution is 9.10. The Morgan fingerprint density at radius 1 is 1.44 bits per heavy atom. The molecule has 18 heavy (non-hydrogen) atoms. The Hall–Kier alpha value is -0.590. The third-order valence-electron chi connectivity index (χ3n) is 2.97. The van der Waals surface area contributed by atoms with Gasteiger partial charge >= 0.3 is 0 Å². The standard InChI is InChI=1S/C12H18BrNO3S/c1-8(18(3,15)16)11(14)7-9-4-5-12(17-2)10(13)6-9/h4-6,8,11H,7,14H2,1-3H3. The number of benzene rings is 1. The lowest BCUT2D eigenvalue weighted by Crippen LogP contribution is -2.39. The van der Waals surface area contributed by atoms with Crippen molar-refractivity contribution in [2.75, 3.05) is 13.4 Å². The van der Waals surface area contributed by atoms with Crippen LogP contribution >= 0.6 is 15.9 Å². The van der Waals surface area contributed by atoms with E-state index < -0.39 is 21.1 Å². The van der Waals surface area contributed by atoms with Crippen LogP contribution in [0.4, 0.5) is 0 Å². The van der Waals surface area contributed by atoms with E-state index in [1.54, 1.807) is 14.0 Å². The Morgan fingerprint density at radius 3 is 2.50 bits per heavy atom. The van der Waals surface area contributed by atoms with E-state index >= 15 is 0 Å². The van der Waals surface area contributed by atoms with Crippen molar-refractivity contribution in [2.45, 2.75) is 24.6 Å². The lowest BCUT2D eigenvalue weighted by molar-refractivity contribution is 0.412. The largest absolute Gasteiger partial charge is 0.496 e. The maximum Gasteiger partial charge on any atom is 0.151 e. The SMILES string of the molecule is COc1ccc(CC(N)C(C)S(C)(=O)=O)cc1Br. The molecule has 0 aliphatic heterocycles. The lowest BCUT2D eigenvalue weighted by Gasteiger charge is -2.18. The van der Waals surface area contributed by atoms with Crippen molar-refractivity contribution >= 4 is 25.8 Å². The first-order valence-electron chi connectivity index (χ1n) is 5.52. The molecule has 102 valence electrons. The van der Waals surface area contributed by atoms with Gasteiger partial charge in [-0.2, -0.15) is 0 Å². The number of nitrogens with two attached hydrogens (primary N) is 1. The van der Waals surface area contributed by atoms with Gasteiger partial charge in [0.25, 0.3) is 0 Å². The average Bonchev–Trinajstić information content (AvgIpc) is 2.27. The molecule has 0 bridgehead atoms. The van der Waals surface area contributed by atoms with E-state index in [0.29, 0.717) is 6.42 Å². The van der Waals surface area contributed by atoms with E-state index in [9.17, 15) is 8.42 Å². The van der Waals surface area contributed by atoms with Gasteiger partial charge in [-0.15, -0.1) is 0 Å². The van der Waals surface area contributed by atoms with E-state index in [-0.39, 0.29) is 0 Å². The zero-order valence-corrected chi connectivity index (χ0v) is 13.1. The first kappa shape index (κ1) is 15.5. The van der Waals surface area contributed by atoms with Crippen molar-refractivity contribution in [1.82, 2.24) is 0 Å². The molecular formula is C12H18BrNO3S. The van der Waals surface area contributed by atoms with E-state index in [2.05, 4.69) is 15.9 Å². The molecule has 0 heterocycles. The van der Waals surface area contributed by atoms with Gasteiger partial charge in [0.2, 0.25) is 0 Å². The zero-order chi connectivity index (χ0) is 13.9. The summed E-state index contributed by atoms with van der Waals surface area (Å²) in [7, 11) is -1.51. The summed E-state index contributed by atoms with van der Waals surface area (Å²) >= 11 is 3.39. The normalized spacial score (nSPS) is 15.2. The van der Waals surface area contributed by atoms with Gasteiger partial charge in [0, 0.05) is 12.3 Å². The quantitative estimate of drug-likeness (QED) is 0.890. The Labute approximate surface area is 117 Å². The number of halogens is 1. The van der Waals surface area contributed by atoms with Crippen LogP contribution in [0, 0.1) is 0 Å². The molecule has 4 nitrogen and oxygen atoms in total. The van der Waals surface area contributed by atoms with Crippen molar-refractivity contribution < 1.29 is 13.2 Å². The molecule has 0 saturated carbocycles. The minimum Gasteiger partial charge on any atom is -0.496 e.